The molecular weight excluding hydrogens is 400 g/mol. The van der Waals surface area contributed by atoms with E-state index in [1.54, 1.807) is 6.20 Å². The van der Waals surface area contributed by atoms with E-state index in [1.807, 2.05) is 12.1 Å². The Kier molecular flexibility index (Phi) is 7.36. The highest BCUT2D eigenvalue weighted by Gasteiger charge is 2.28. The number of amides is 1. The average Bonchev–Trinajstić information content (AvgIpc) is 2.79. The van der Waals surface area contributed by atoms with Gasteiger partial charge in [-0.25, -0.2) is 0 Å². The minimum atomic E-state index is 0.110. The molecule has 2 aromatic rings. The number of benzene rings is 1. The van der Waals surface area contributed by atoms with Crippen LogP contribution in [0.4, 0.5) is 0 Å². The van der Waals surface area contributed by atoms with E-state index in [0.717, 1.165) is 63.1 Å². The summed E-state index contributed by atoms with van der Waals surface area (Å²) in [6.45, 7) is 10.5. The molecule has 2 aliphatic heterocycles. The van der Waals surface area contributed by atoms with Gasteiger partial charge in [-0.2, -0.15) is 5.26 Å². The number of fused-ring (bicyclic) bond motifs is 1. The van der Waals surface area contributed by atoms with Crippen LogP contribution in [0.2, 0.25) is 0 Å². The van der Waals surface area contributed by atoms with E-state index in [2.05, 4.69) is 57.2 Å². The zero-order chi connectivity index (χ0) is 22.5. The van der Waals surface area contributed by atoms with Crippen molar-refractivity contribution in [2.24, 2.45) is 5.92 Å². The highest BCUT2D eigenvalue weighted by molar-refractivity contribution is 5.87. The Balaban J connectivity index is 1.35. The normalized spacial score (nSPS) is 23.2. The highest BCUT2D eigenvalue weighted by atomic mass is 16.2. The Bertz CT molecular complexity index is 978. The van der Waals surface area contributed by atoms with Gasteiger partial charge in [0.25, 0.3) is 0 Å². The lowest BCUT2D eigenvalue weighted by atomic mass is 9.83. The number of pyridine rings is 1. The molecule has 0 radical (unpaired) electrons. The molecule has 2 atom stereocenters. The van der Waals surface area contributed by atoms with Crippen LogP contribution in [0.5, 0.6) is 0 Å². The van der Waals surface area contributed by atoms with Crippen molar-refractivity contribution in [3.63, 3.8) is 0 Å². The standard InChI is InChI=1S/C25H34N6O/c1-19-14-21(22-6-5-20(15-26)25-23(22)4-3-7-28-25)17-31(16-19)18-24(32)27-8-9-30-12-10-29(2)11-13-30/h3-7,19,21H,8-14,16-18H2,1-2H3,(H,27,32)/t19-,21-/m0/s1. The summed E-state index contributed by atoms with van der Waals surface area (Å²) in [7, 11) is 2.16. The van der Waals surface area contributed by atoms with Gasteiger partial charge >= 0.3 is 0 Å². The smallest absolute Gasteiger partial charge is 0.234 e. The number of carbonyl (C=O) groups is 1. The molecule has 1 amide bonds. The van der Waals surface area contributed by atoms with Crippen molar-refractivity contribution in [3.8, 4) is 6.07 Å². The number of nitrogens with one attached hydrogen (secondary N) is 1. The fourth-order valence-electron chi connectivity index (χ4n) is 5.14. The van der Waals surface area contributed by atoms with Crippen molar-refractivity contribution in [2.45, 2.75) is 19.3 Å². The number of carbonyl (C=O) groups excluding carboxylic acids is 1. The summed E-state index contributed by atoms with van der Waals surface area (Å²) in [5, 5.41) is 13.6. The van der Waals surface area contributed by atoms with Gasteiger partial charge < -0.3 is 10.2 Å². The number of hydrogen-bond donors (Lipinski definition) is 1. The molecule has 7 heteroatoms. The summed E-state index contributed by atoms with van der Waals surface area (Å²) in [5.41, 5.74) is 2.63. The maximum atomic E-state index is 12.6. The first kappa shape index (κ1) is 22.7. The quantitative estimate of drug-likeness (QED) is 0.748. The highest BCUT2D eigenvalue weighted by Crippen LogP contribution is 2.34. The summed E-state index contributed by atoms with van der Waals surface area (Å²) in [6.07, 6.45) is 2.83. The lowest BCUT2D eigenvalue weighted by molar-refractivity contribution is -0.122. The van der Waals surface area contributed by atoms with Crippen LogP contribution in [0.15, 0.2) is 30.5 Å². The van der Waals surface area contributed by atoms with Crippen molar-refractivity contribution < 1.29 is 4.79 Å². The third-order valence-corrected chi connectivity index (χ3v) is 6.81. The Hall–Kier alpha value is -2.53. The Morgan fingerprint density at radius 2 is 2.00 bits per heavy atom. The van der Waals surface area contributed by atoms with Crippen LogP contribution < -0.4 is 5.32 Å². The van der Waals surface area contributed by atoms with Gasteiger partial charge in [0.1, 0.15) is 6.07 Å². The fraction of sp³-hybridized carbons (Fsp3) is 0.560. The van der Waals surface area contributed by atoms with Gasteiger partial charge in [-0.05, 0) is 43.0 Å². The minimum absolute atomic E-state index is 0.110. The Morgan fingerprint density at radius 3 is 2.78 bits per heavy atom. The molecule has 32 heavy (non-hydrogen) atoms. The molecule has 0 spiro atoms. The van der Waals surface area contributed by atoms with Crippen LogP contribution in [0.25, 0.3) is 10.9 Å². The first-order valence-corrected chi connectivity index (χ1v) is 11.7. The van der Waals surface area contributed by atoms with Crippen LogP contribution in [0, 0.1) is 17.2 Å². The SMILES string of the molecule is C[C@H]1C[C@H](c2ccc(C#N)c3ncccc23)CN(CC(=O)NCCN2CCN(C)CC2)C1. The molecule has 3 heterocycles. The zero-order valence-corrected chi connectivity index (χ0v) is 19.3. The summed E-state index contributed by atoms with van der Waals surface area (Å²) < 4.78 is 0. The van der Waals surface area contributed by atoms with Crippen LogP contribution in [0.3, 0.4) is 0 Å². The lowest BCUT2D eigenvalue weighted by Gasteiger charge is -2.37. The third-order valence-electron chi connectivity index (χ3n) is 6.81. The number of nitriles is 1. The van der Waals surface area contributed by atoms with Gasteiger partial charge in [-0.3, -0.25) is 19.6 Å². The molecule has 1 N–H and O–H groups in total. The lowest BCUT2D eigenvalue weighted by Crippen LogP contribution is -2.48. The van der Waals surface area contributed by atoms with Crippen LogP contribution in [-0.4, -0.2) is 91.5 Å². The first-order valence-electron chi connectivity index (χ1n) is 11.7. The predicted molar refractivity (Wildman–Crippen MR) is 126 cm³/mol. The molecule has 4 rings (SSSR count). The number of aromatic nitrogens is 1. The summed E-state index contributed by atoms with van der Waals surface area (Å²) in [5.74, 6) is 0.948. The number of nitrogens with zero attached hydrogens (tertiary/aromatic N) is 5. The molecule has 170 valence electrons. The molecule has 2 saturated heterocycles. The van der Waals surface area contributed by atoms with Crippen LogP contribution >= 0.6 is 0 Å². The number of piperazine rings is 1. The van der Waals surface area contributed by atoms with E-state index < -0.39 is 0 Å². The largest absolute Gasteiger partial charge is 0.354 e. The van der Waals surface area contributed by atoms with Gasteiger partial charge in [0.15, 0.2) is 0 Å². The van der Waals surface area contributed by atoms with Gasteiger partial charge in [-0.15, -0.1) is 0 Å². The number of likely N-dealkylation sites (N-methyl/N-ethyl adjacent to an activating group) is 1. The van der Waals surface area contributed by atoms with Gasteiger partial charge in [0, 0.05) is 63.9 Å². The van der Waals surface area contributed by atoms with Crippen molar-refractivity contribution in [3.05, 3.63) is 41.6 Å². The molecule has 0 bridgehead atoms. The predicted octanol–water partition coefficient (Wildman–Crippen LogP) is 1.90. The maximum Gasteiger partial charge on any atom is 0.234 e. The van der Waals surface area contributed by atoms with E-state index in [4.69, 9.17) is 0 Å². The van der Waals surface area contributed by atoms with E-state index in [-0.39, 0.29) is 5.91 Å². The number of likely N-dealkylation sites (tertiary alicyclic amines) is 1. The van der Waals surface area contributed by atoms with E-state index in [9.17, 15) is 10.1 Å². The summed E-state index contributed by atoms with van der Waals surface area (Å²) in [6, 6.07) is 10.2. The molecule has 0 aliphatic carbocycles. The van der Waals surface area contributed by atoms with Gasteiger partial charge in [0.2, 0.25) is 5.91 Å². The van der Waals surface area contributed by atoms with Gasteiger partial charge in [-0.1, -0.05) is 19.1 Å². The Morgan fingerprint density at radius 1 is 1.19 bits per heavy atom. The van der Waals surface area contributed by atoms with E-state index >= 15 is 0 Å². The minimum Gasteiger partial charge on any atom is -0.354 e. The number of rotatable bonds is 6. The Labute approximate surface area is 191 Å². The summed E-state index contributed by atoms with van der Waals surface area (Å²) in [4.78, 5) is 24.1. The second kappa shape index (κ2) is 10.4. The fourth-order valence-corrected chi connectivity index (χ4v) is 5.14. The maximum absolute atomic E-state index is 12.6. The number of piperidine rings is 1. The van der Waals surface area contributed by atoms with Crippen LogP contribution in [-0.2, 0) is 4.79 Å². The van der Waals surface area contributed by atoms with Crippen molar-refractivity contribution >= 4 is 16.8 Å². The first-order chi connectivity index (χ1) is 15.5. The average molecular weight is 435 g/mol. The molecule has 1 aromatic heterocycles. The summed E-state index contributed by atoms with van der Waals surface area (Å²) >= 11 is 0. The molecule has 2 fully saturated rings. The van der Waals surface area contributed by atoms with Gasteiger partial charge in [0.05, 0.1) is 17.6 Å². The number of hydrogen-bond acceptors (Lipinski definition) is 6. The van der Waals surface area contributed by atoms with Crippen molar-refractivity contribution in [2.75, 3.05) is 66.0 Å². The van der Waals surface area contributed by atoms with Crippen LogP contribution in [0.1, 0.15) is 30.4 Å². The third kappa shape index (κ3) is 5.44. The zero-order valence-electron chi connectivity index (χ0n) is 19.3. The molecular formula is C25H34N6O. The molecule has 7 nitrogen and oxygen atoms in total. The molecule has 2 aliphatic rings. The molecule has 0 saturated carbocycles. The topological polar surface area (TPSA) is 75.5 Å². The van der Waals surface area contributed by atoms with E-state index in [1.165, 1.54) is 5.56 Å². The molecule has 1 aromatic carbocycles. The second-order valence-electron chi connectivity index (χ2n) is 9.44. The monoisotopic (exact) mass is 434 g/mol. The van der Waals surface area contributed by atoms with E-state index in [0.29, 0.717) is 30.5 Å². The van der Waals surface area contributed by atoms with Crippen molar-refractivity contribution in [1.29, 1.82) is 5.26 Å². The second-order valence-corrected chi connectivity index (χ2v) is 9.44. The van der Waals surface area contributed by atoms with Crippen molar-refractivity contribution in [1.82, 2.24) is 25.0 Å². The molecule has 0 unspecified atom stereocenters.